The maximum Gasteiger partial charge on any atom is 0.330 e. The Morgan fingerprint density at radius 1 is 1.34 bits per heavy atom. The first-order chi connectivity index (χ1) is 13.6. The van der Waals surface area contributed by atoms with Gasteiger partial charge in [0.2, 0.25) is 10.0 Å². The zero-order valence-electron chi connectivity index (χ0n) is 15.4. The van der Waals surface area contributed by atoms with E-state index in [4.69, 9.17) is 9.88 Å². The first-order valence-corrected chi connectivity index (χ1v) is 10.2. The third kappa shape index (κ3) is 4.62. The zero-order chi connectivity index (χ0) is 21.3. The molecule has 5 N–H and O–H groups in total. The molecule has 0 bridgehead atoms. The molecule has 3 atom stereocenters. The number of aromatic nitrogens is 2. The number of nitrogens with zero attached hydrogens (tertiary/aromatic N) is 1. The second-order valence-corrected chi connectivity index (χ2v) is 8.25. The Kier molecular flexibility index (Phi) is 5.71. The summed E-state index contributed by atoms with van der Waals surface area (Å²) in [5.74, 6) is -0.498. The van der Waals surface area contributed by atoms with Gasteiger partial charge in [0.1, 0.15) is 12.3 Å². The lowest BCUT2D eigenvalue weighted by molar-refractivity contribution is -0.0187. The molecule has 1 aromatic heterocycles. The van der Waals surface area contributed by atoms with E-state index in [1.807, 2.05) is 0 Å². The maximum atomic E-state index is 12.2. The number of hydrogen-bond donors (Lipinski definition) is 4. The van der Waals surface area contributed by atoms with Crippen LogP contribution >= 0.6 is 0 Å². The van der Waals surface area contributed by atoms with Crippen molar-refractivity contribution in [1.29, 1.82) is 0 Å². The van der Waals surface area contributed by atoms with Gasteiger partial charge in [0.05, 0.1) is 11.0 Å². The summed E-state index contributed by atoms with van der Waals surface area (Å²) in [6, 6.07) is 5.05. The summed E-state index contributed by atoms with van der Waals surface area (Å²) in [6.07, 6.45) is -1.04. The summed E-state index contributed by atoms with van der Waals surface area (Å²) in [4.78, 5) is 37.7. The fourth-order valence-electron chi connectivity index (χ4n) is 2.96. The van der Waals surface area contributed by atoms with Crippen LogP contribution in [0.15, 0.2) is 44.9 Å². The SMILES string of the molecule is Cc1cn([C@H]2C[C@H](O)[C@@H](CNC(=O)c3ccc(S(N)(=O)=O)cc3)O2)c(=O)[nH]c1=O. The average molecular weight is 424 g/mol. The molecule has 12 heteroatoms. The minimum Gasteiger partial charge on any atom is -0.390 e. The summed E-state index contributed by atoms with van der Waals surface area (Å²) >= 11 is 0. The van der Waals surface area contributed by atoms with Crippen molar-refractivity contribution in [3.63, 3.8) is 0 Å². The highest BCUT2D eigenvalue weighted by Crippen LogP contribution is 2.27. The highest BCUT2D eigenvalue weighted by molar-refractivity contribution is 7.89. The van der Waals surface area contributed by atoms with Gasteiger partial charge in [0.25, 0.3) is 11.5 Å². The van der Waals surface area contributed by atoms with Gasteiger partial charge < -0.3 is 15.2 Å². The molecule has 2 aromatic rings. The molecule has 0 spiro atoms. The maximum absolute atomic E-state index is 12.2. The predicted octanol–water partition coefficient (Wildman–Crippen LogP) is -1.43. The zero-order valence-corrected chi connectivity index (χ0v) is 16.2. The summed E-state index contributed by atoms with van der Waals surface area (Å²) in [6.45, 7) is 1.50. The van der Waals surface area contributed by atoms with Gasteiger partial charge in [-0.1, -0.05) is 0 Å². The third-order valence-corrected chi connectivity index (χ3v) is 5.50. The van der Waals surface area contributed by atoms with Crippen molar-refractivity contribution < 1.29 is 23.1 Å². The van der Waals surface area contributed by atoms with Crippen LogP contribution in [0, 0.1) is 6.92 Å². The van der Waals surface area contributed by atoms with Crippen molar-refractivity contribution in [1.82, 2.24) is 14.9 Å². The van der Waals surface area contributed by atoms with Crippen LogP contribution in [-0.2, 0) is 14.8 Å². The lowest BCUT2D eigenvalue weighted by Crippen LogP contribution is -2.37. The Hall–Kier alpha value is -2.80. The smallest absolute Gasteiger partial charge is 0.330 e. The molecule has 1 amide bonds. The van der Waals surface area contributed by atoms with Crippen LogP contribution < -0.4 is 21.7 Å². The topological polar surface area (TPSA) is 174 Å². The largest absolute Gasteiger partial charge is 0.390 e. The molecular formula is C17H20N4O7S. The van der Waals surface area contributed by atoms with Crippen LogP contribution in [0.4, 0.5) is 0 Å². The molecule has 1 fully saturated rings. The van der Waals surface area contributed by atoms with Crippen molar-refractivity contribution in [2.24, 2.45) is 5.14 Å². The molecule has 1 aliphatic rings. The number of benzene rings is 1. The number of aryl methyl sites for hydroxylation is 1. The van der Waals surface area contributed by atoms with E-state index >= 15 is 0 Å². The van der Waals surface area contributed by atoms with E-state index in [-0.39, 0.29) is 23.4 Å². The predicted molar refractivity (Wildman–Crippen MR) is 101 cm³/mol. The Morgan fingerprint density at radius 2 is 2.00 bits per heavy atom. The van der Waals surface area contributed by atoms with Crippen LogP contribution in [0.1, 0.15) is 28.6 Å². The number of sulfonamides is 1. The number of aliphatic hydroxyl groups is 1. The number of carbonyl (C=O) groups is 1. The number of aromatic amines is 1. The van der Waals surface area contributed by atoms with Crippen molar-refractivity contribution in [3.8, 4) is 0 Å². The number of nitrogens with one attached hydrogen (secondary N) is 2. The van der Waals surface area contributed by atoms with E-state index in [9.17, 15) is 27.9 Å². The molecule has 1 saturated heterocycles. The normalized spacial score (nSPS) is 21.8. The number of aliphatic hydroxyl groups excluding tert-OH is 1. The molecule has 2 heterocycles. The molecule has 3 rings (SSSR count). The van der Waals surface area contributed by atoms with Crippen molar-refractivity contribution in [3.05, 3.63) is 62.4 Å². The standard InChI is InChI=1S/C17H20N4O7S/c1-9-8-21(17(25)20-15(9)23)14-6-12(22)13(28-14)7-19-16(24)10-2-4-11(5-3-10)29(18,26)27/h2-5,8,12-14,22H,6-7H2,1H3,(H,19,24)(H2,18,26,27)(H,20,23,25)/t12-,13+,14+/m0/s1. The lowest BCUT2D eigenvalue weighted by atomic mass is 10.1. The Bertz CT molecular complexity index is 1140. The second kappa shape index (κ2) is 7.91. The van der Waals surface area contributed by atoms with E-state index in [0.29, 0.717) is 5.56 Å². The summed E-state index contributed by atoms with van der Waals surface area (Å²) < 4.78 is 29.4. The molecule has 1 aromatic carbocycles. The number of rotatable bonds is 5. The van der Waals surface area contributed by atoms with E-state index in [1.165, 1.54) is 35.0 Å². The van der Waals surface area contributed by atoms with Gasteiger partial charge >= 0.3 is 5.69 Å². The third-order valence-electron chi connectivity index (χ3n) is 4.57. The summed E-state index contributed by atoms with van der Waals surface area (Å²) in [5.41, 5.74) is -0.629. The van der Waals surface area contributed by atoms with Crippen LogP contribution in [0.25, 0.3) is 0 Å². The van der Waals surface area contributed by atoms with Crippen molar-refractivity contribution in [2.75, 3.05) is 6.54 Å². The van der Waals surface area contributed by atoms with Gasteiger partial charge in [0.15, 0.2) is 0 Å². The Labute approximate surface area is 165 Å². The number of nitrogens with two attached hydrogens (primary N) is 1. The molecule has 29 heavy (non-hydrogen) atoms. The number of ether oxygens (including phenoxy) is 1. The molecule has 0 aliphatic carbocycles. The molecule has 0 unspecified atom stereocenters. The van der Waals surface area contributed by atoms with Gasteiger partial charge in [-0.05, 0) is 31.2 Å². The van der Waals surface area contributed by atoms with Crippen LogP contribution in [0.5, 0.6) is 0 Å². The van der Waals surface area contributed by atoms with Crippen LogP contribution in [0.3, 0.4) is 0 Å². The van der Waals surface area contributed by atoms with Crippen LogP contribution in [0.2, 0.25) is 0 Å². The number of hydrogen-bond acceptors (Lipinski definition) is 7. The van der Waals surface area contributed by atoms with Gasteiger partial charge in [-0.25, -0.2) is 18.4 Å². The first-order valence-electron chi connectivity index (χ1n) is 8.63. The molecule has 0 saturated carbocycles. The number of carbonyl (C=O) groups excluding carboxylic acids is 1. The van der Waals surface area contributed by atoms with Crippen molar-refractivity contribution >= 4 is 15.9 Å². The van der Waals surface area contributed by atoms with E-state index in [1.54, 1.807) is 6.92 Å². The van der Waals surface area contributed by atoms with Crippen LogP contribution in [-0.4, -0.2) is 47.7 Å². The van der Waals surface area contributed by atoms with E-state index in [0.717, 1.165) is 0 Å². The molecule has 0 radical (unpaired) electrons. The molecule has 156 valence electrons. The molecular weight excluding hydrogens is 404 g/mol. The monoisotopic (exact) mass is 424 g/mol. The quantitative estimate of drug-likeness (QED) is 0.455. The van der Waals surface area contributed by atoms with Gasteiger partial charge in [-0.15, -0.1) is 0 Å². The second-order valence-electron chi connectivity index (χ2n) is 6.69. The summed E-state index contributed by atoms with van der Waals surface area (Å²) in [5, 5.41) is 17.8. The minimum atomic E-state index is -3.85. The number of amides is 1. The first kappa shape index (κ1) is 20.9. The van der Waals surface area contributed by atoms with E-state index in [2.05, 4.69) is 10.3 Å². The van der Waals surface area contributed by atoms with Gasteiger partial charge in [-0.3, -0.25) is 19.1 Å². The fourth-order valence-corrected chi connectivity index (χ4v) is 3.48. The number of primary sulfonamides is 1. The Morgan fingerprint density at radius 3 is 2.62 bits per heavy atom. The van der Waals surface area contributed by atoms with Gasteiger partial charge in [-0.2, -0.15) is 0 Å². The average Bonchev–Trinajstić information content (AvgIpc) is 3.02. The number of H-pyrrole nitrogens is 1. The Balaban J connectivity index is 1.64. The van der Waals surface area contributed by atoms with Crippen molar-refractivity contribution in [2.45, 2.75) is 36.7 Å². The molecule has 11 nitrogen and oxygen atoms in total. The minimum absolute atomic E-state index is 0.0372. The lowest BCUT2D eigenvalue weighted by Gasteiger charge is -2.17. The molecule has 1 aliphatic heterocycles. The highest BCUT2D eigenvalue weighted by atomic mass is 32.2. The van der Waals surface area contributed by atoms with E-state index < -0.39 is 45.6 Å². The highest BCUT2D eigenvalue weighted by Gasteiger charge is 2.35. The summed E-state index contributed by atoms with van der Waals surface area (Å²) in [7, 11) is -3.85. The van der Waals surface area contributed by atoms with Gasteiger partial charge in [0, 0.05) is 30.3 Å². The fraction of sp³-hybridized carbons (Fsp3) is 0.353.